The molecule has 22 heavy (non-hydrogen) atoms. The minimum atomic E-state index is -0.408. The van der Waals surface area contributed by atoms with Crippen LogP contribution in [-0.2, 0) is 6.54 Å². The molecule has 1 fully saturated rings. The highest BCUT2D eigenvalue weighted by atomic mass is 19.1. The van der Waals surface area contributed by atoms with Gasteiger partial charge in [0.2, 0.25) is 11.8 Å². The van der Waals surface area contributed by atoms with Crippen molar-refractivity contribution in [1.82, 2.24) is 19.9 Å². The van der Waals surface area contributed by atoms with Crippen LogP contribution < -0.4 is 9.64 Å². The normalized spacial score (nSPS) is 15.8. The van der Waals surface area contributed by atoms with Crippen LogP contribution >= 0.6 is 0 Å². The standard InChI is InChI=1S/C15H18FN5O/c1-22-14-3-2-12(8-17-14)11-20-4-6-21(7-5-20)15-18-9-13(16)10-19-15/h2-3,8-10H,4-7,11H2,1H3. The molecule has 2 aromatic heterocycles. The number of methoxy groups -OCH3 is 1. The fourth-order valence-corrected chi connectivity index (χ4v) is 2.46. The molecule has 0 unspecified atom stereocenters. The summed E-state index contributed by atoms with van der Waals surface area (Å²) in [5, 5.41) is 0. The minimum absolute atomic E-state index is 0.408. The quantitative estimate of drug-likeness (QED) is 0.849. The molecule has 2 aromatic rings. The van der Waals surface area contributed by atoms with E-state index in [4.69, 9.17) is 4.74 Å². The van der Waals surface area contributed by atoms with E-state index < -0.39 is 5.82 Å². The summed E-state index contributed by atoms with van der Waals surface area (Å²) >= 11 is 0. The molecule has 0 amide bonds. The van der Waals surface area contributed by atoms with Crippen LogP contribution in [0, 0.1) is 5.82 Å². The zero-order valence-corrected chi connectivity index (χ0v) is 12.4. The SMILES string of the molecule is COc1ccc(CN2CCN(c3ncc(F)cn3)CC2)cn1. The molecule has 0 N–H and O–H groups in total. The molecule has 0 spiro atoms. The number of anilines is 1. The van der Waals surface area contributed by atoms with Crippen molar-refractivity contribution in [2.24, 2.45) is 0 Å². The topological polar surface area (TPSA) is 54.4 Å². The molecule has 6 nitrogen and oxygen atoms in total. The Morgan fingerprint density at radius 3 is 2.36 bits per heavy atom. The molecule has 1 aliphatic rings. The number of piperazine rings is 1. The van der Waals surface area contributed by atoms with Crippen LogP contribution in [0.15, 0.2) is 30.7 Å². The van der Waals surface area contributed by atoms with Gasteiger partial charge in [-0.05, 0) is 5.56 Å². The lowest BCUT2D eigenvalue weighted by Crippen LogP contribution is -2.46. The van der Waals surface area contributed by atoms with Crippen molar-refractivity contribution in [2.75, 3.05) is 38.2 Å². The highest BCUT2D eigenvalue weighted by Gasteiger charge is 2.19. The summed E-state index contributed by atoms with van der Waals surface area (Å²) in [6, 6.07) is 3.90. The number of nitrogens with zero attached hydrogens (tertiary/aromatic N) is 5. The zero-order chi connectivity index (χ0) is 15.4. The average Bonchev–Trinajstić information content (AvgIpc) is 2.57. The molecule has 0 aliphatic carbocycles. The van der Waals surface area contributed by atoms with Gasteiger partial charge in [-0.25, -0.2) is 19.3 Å². The third kappa shape index (κ3) is 3.48. The lowest BCUT2D eigenvalue weighted by molar-refractivity contribution is 0.248. The Balaban J connectivity index is 1.53. The van der Waals surface area contributed by atoms with E-state index in [-0.39, 0.29) is 0 Å². The Bertz CT molecular complexity index is 596. The minimum Gasteiger partial charge on any atom is -0.481 e. The van der Waals surface area contributed by atoms with E-state index in [0.717, 1.165) is 38.3 Å². The van der Waals surface area contributed by atoms with Gasteiger partial charge in [0.25, 0.3) is 0 Å². The summed E-state index contributed by atoms with van der Waals surface area (Å²) in [5.41, 5.74) is 1.16. The van der Waals surface area contributed by atoms with Crippen molar-refractivity contribution in [3.05, 3.63) is 42.1 Å². The van der Waals surface area contributed by atoms with E-state index >= 15 is 0 Å². The van der Waals surface area contributed by atoms with Crippen molar-refractivity contribution < 1.29 is 9.13 Å². The lowest BCUT2D eigenvalue weighted by Gasteiger charge is -2.34. The van der Waals surface area contributed by atoms with Gasteiger partial charge in [-0.15, -0.1) is 0 Å². The Morgan fingerprint density at radius 1 is 1.05 bits per heavy atom. The second-order valence-corrected chi connectivity index (χ2v) is 5.17. The molecule has 0 saturated carbocycles. The van der Waals surface area contributed by atoms with Gasteiger partial charge in [-0.3, -0.25) is 4.90 Å². The number of hydrogen-bond acceptors (Lipinski definition) is 6. The van der Waals surface area contributed by atoms with Gasteiger partial charge in [-0.2, -0.15) is 0 Å². The van der Waals surface area contributed by atoms with Crippen LogP contribution in [0.3, 0.4) is 0 Å². The second kappa shape index (κ2) is 6.65. The third-order valence-electron chi connectivity index (χ3n) is 3.67. The summed E-state index contributed by atoms with van der Waals surface area (Å²) in [6.07, 6.45) is 4.25. The molecule has 1 saturated heterocycles. The summed E-state index contributed by atoms with van der Waals surface area (Å²) in [6.45, 7) is 4.33. The van der Waals surface area contributed by atoms with Crippen molar-refractivity contribution in [3.8, 4) is 5.88 Å². The number of pyridine rings is 1. The Morgan fingerprint density at radius 2 is 1.77 bits per heavy atom. The van der Waals surface area contributed by atoms with Gasteiger partial charge in [0.1, 0.15) is 0 Å². The van der Waals surface area contributed by atoms with E-state index in [2.05, 4.69) is 24.8 Å². The number of hydrogen-bond donors (Lipinski definition) is 0. The van der Waals surface area contributed by atoms with Crippen molar-refractivity contribution in [3.63, 3.8) is 0 Å². The first-order valence-corrected chi connectivity index (χ1v) is 7.18. The van der Waals surface area contributed by atoms with E-state index in [1.807, 2.05) is 18.3 Å². The lowest BCUT2D eigenvalue weighted by atomic mass is 10.2. The maximum atomic E-state index is 12.8. The summed E-state index contributed by atoms with van der Waals surface area (Å²) < 4.78 is 17.9. The second-order valence-electron chi connectivity index (χ2n) is 5.17. The Labute approximate surface area is 128 Å². The summed E-state index contributed by atoms with van der Waals surface area (Å²) in [7, 11) is 1.61. The number of aromatic nitrogens is 3. The van der Waals surface area contributed by atoms with Crippen LogP contribution in [0.5, 0.6) is 5.88 Å². The molecule has 3 rings (SSSR count). The molecule has 0 radical (unpaired) electrons. The molecule has 0 aromatic carbocycles. The van der Waals surface area contributed by atoms with Gasteiger partial charge in [0.05, 0.1) is 19.5 Å². The highest BCUT2D eigenvalue weighted by molar-refractivity contribution is 5.29. The molecule has 0 bridgehead atoms. The molecule has 116 valence electrons. The Kier molecular flexibility index (Phi) is 4.43. The molecule has 7 heteroatoms. The molecule has 0 atom stereocenters. The summed E-state index contributed by atoms with van der Waals surface area (Å²) in [5.74, 6) is 0.809. The third-order valence-corrected chi connectivity index (χ3v) is 3.67. The van der Waals surface area contributed by atoms with Crippen LogP contribution in [-0.4, -0.2) is 53.1 Å². The molecular formula is C15H18FN5O. The molecular weight excluding hydrogens is 285 g/mol. The van der Waals surface area contributed by atoms with Gasteiger partial charge < -0.3 is 9.64 Å². The Hall–Kier alpha value is -2.28. The van der Waals surface area contributed by atoms with E-state index in [1.165, 1.54) is 12.4 Å². The number of ether oxygens (including phenoxy) is 1. The van der Waals surface area contributed by atoms with Gasteiger partial charge in [0.15, 0.2) is 5.82 Å². The van der Waals surface area contributed by atoms with Gasteiger partial charge in [0, 0.05) is 45.0 Å². The predicted molar refractivity (Wildman–Crippen MR) is 80.3 cm³/mol. The van der Waals surface area contributed by atoms with Crippen molar-refractivity contribution in [1.29, 1.82) is 0 Å². The maximum absolute atomic E-state index is 12.8. The molecule has 3 heterocycles. The predicted octanol–water partition coefficient (Wildman–Crippen LogP) is 1.34. The van der Waals surface area contributed by atoms with E-state index in [1.54, 1.807) is 7.11 Å². The highest BCUT2D eigenvalue weighted by Crippen LogP contribution is 2.14. The number of rotatable bonds is 4. The fourth-order valence-electron chi connectivity index (χ4n) is 2.46. The largest absolute Gasteiger partial charge is 0.481 e. The van der Waals surface area contributed by atoms with Crippen LogP contribution in [0.4, 0.5) is 10.3 Å². The monoisotopic (exact) mass is 303 g/mol. The smallest absolute Gasteiger partial charge is 0.225 e. The van der Waals surface area contributed by atoms with Crippen molar-refractivity contribution >= 4 is 5.95 Å². The van der Waals surface area contributed by atoms with Crippen LogP contribution in [0.25, 0.3) is 0 Å². The summed E-state index contributed by atoms with van der Waals surface area (Å²) in [4.78, 5) is 16.7. The van der Waals surface area contributed by atoms with E-state index in [0.29, 0.717) is 11.8 Å². The van der Waals surface area contributed by atoms with Gasteiger partial charge >= 0.3 is 0 Å². The maximum Gasteiger partial charge on any atom is 0.225 e. The zero-order valence-electron chi connectivity index (χ0n) is 12.4. The van der Waals surface area contributed by atoms with Crippen molar-refractivity contribution in [2.45, 2.75) is 6.54 Å². The van der Waals surface area contributed by atoms with Crippen LogP contribution in [0.2, 0.25) is 0 Å². The molecule has 1 aliphatic heterocycles. The van der Waals surface area contributed by atoms with Crippen LogP contribution in [0.1, 0.15) is 5.56 Å². The first-order chi connectivity index (χ1) is 10.7. The van der Waals surface area contributed by atoms with E-state index in [9.17, 15) is 4.39 Å². The first kappa shape index (κ1) is 14.6. The van der Waals surface area contributed by atoms with Gasteiger partial charge in [-0.1, -0.05) is 6.07 Å². The first-order valence-electron chi connectivity index (χ1n) is 7.18. The number of halogens is 1. The average molecular weight is 303 g/mol. The fraction of sp³-hybridized carbons (Fsp3) is 0.400.